The van der Waals surface area contributed by atoms with Crippen LogP contribution >= 0.6 is 34.8 Å². The molecular formula is C15H18Cl3N9O4S2. The molecule has 4 heterocycles. The zero-order valence-corrected chi connectivity index (χ0v) is 19.8. The molecule has 0 spiro atoms. The van der Waals surface area contributed by atoms with E-state index >= 15 is 0 Å². The third kappa shape index (κ3) is 5.81. The van der Waals surface area contributed by atoms with Crippen molar-refractivity contribution in [2.24, 2.45) is 10.3 Å². The van der Waals surface area contributed by atoms with E-state index in [1.807, 2.05) is 6.92 Å². The maximum Gasteiger partial charge on any atom is 0.258 e. The van der Waals surface area contributed by atoms with Crippen LogP contribution in [0.25, 0.3) is 11.3 Å². The molecular weight excluding hydrogens is 541 g/mol. The fourth-order valence-corrected chi connectivity index (χ4v) is 4.93. The highest BCUT2D eigenvalue weighted by atomic mass is 35.5. The highest BCUT2D eigenvalue weighted by molar-refractivity contribution is 7.89. The average molecular weight is 559 g/mol. The van der Waals surface area contributed by atoms with E-state index < -0.39 is 20.0 Å². The zero-order valence-electron chi connectivity index (χ0n) is 15.9. The van der Waals surface area contributed by atoms with Gasteiger partial charge in [0.15, 0.2) is 21.6 Å². The predicted molar refractivity (Wildman–Crippen MR) is 125 cm³/mol. The maximum atomic E-state index is 11.4. The lowest BCUT2D eigenvalue weighted by Gasteiger charge is -2.03. The Morgan fingerprint density at radius 1 is 0.848 bits per heavy atom. The fourth-order valence-electron chi connectivity index (χ4n) is 2.50. The van der Waals surface area contributed by atoms with E-state index in [0.29, 0.717) is 18.0 Å². The van der Waals surface area contributed by atoms with Crippen LogP contribution in [0.5, 0.6) is 0 Å². The van der Waals surface area contributed by atoms with Crippen molar-refractivity contribution >= 4 is 72.0 Å². The Balaban J connectivity index is 0.000000228. The summed E-state index contributed by atoms with van der Waals surface area (Å²) in [5, 5.41) is 19.8. The molecule has 0 atom stereocenters. The predicted octanol–water partition coefficient (Wildman–Crippen LogP) is 1.78. The second-order valence-corrected chi connectivity index (χ2v) is 10.0. The minimum atomic E-state index is -3.99. The zero-order chi connectivity index (χ0) is 23.8. The minimum Gasteiger partial charge on any atom is -0.369 e. The molecule has 0 bridgehead atoms. The van der Waals surface area contributed by atoms with Crippen molar-refractivity contribution in [3.05, 3.63) is 39.7 Å². The molecule has 180 valence electrons. The van der Waals surface area contributed by atoms with Gasteiger partial charge in [-0.1, -0.05) is 42.2 Å². The van der Waals surface area contributed by atoms with Crippen molar-refractivity contribution in [3.63, 3.8) is 0 Å². The summed E-state index contributed by atoms with van der Waals surface area (Å²) in [6.07, 6.45) is 0. The SMILES string of the molecule is C.CCNc1ccc2nc(Cl)c(S(N)(=O)=O)n2n1.NS(=O)(=O)c1c(Cl)nc2ccc(Cl)nn12. The lowest BCUT2D eigenvalue weighted by atomic mass is 10.5. The molecule has 0 aliphatic heterocycles. The second kappa shape index (κ2) is 9.92. The number of imidazole rings is 2. The number of hydrogen-bond acceptors (Lipinski definition) is 9. The van der Waals surface area contributed by atoms with Crippen molar-refractivity contribution in [1.29, 1.82) is 0 Å². The summed E-state index contributed by atoms with van der Waals surface area (Å²) in [5.41, 5.74) is 0.578. The van der Waals surface area contributed by atoms with Crippen LogP contribution in [0.3, 0.4) is 0 Å². The number of rotatable bonds is 4. The van der Waals surface area contributed by atoms with E-state index in [9.17, 15) is 16.8 Å². The van der Waals surface area contributed by atoms with Gasteiger partial charge in [0.25, 0.3) is 20.0 Å². The lowest BCUT2D eigenvalue weighted by molar-refractivity contribution is 0.588. The van der Waals surface area contributed by atoms with Crippen LogP contribution in [0, 0.1) is 0 Å². The first-order chi connectivity index (χ1) is 14.8. The number of nitrogens with zero attached hydrogens (tertiary/aromatic N) is 6. The molecule has 0 aliphatic carbocycles. The standard InChI is InChI=1S/C8H10ClN5O2S.C6H4Cl2N4O2S.CH4/c1-2-11-5-3-4-6-12-7(9)8(14(6)13-5)17(10,15)16;7-3-1-2-4-10-5(8)6(12(4)11-3)15(9,13)14;/h3-4H,2H2,1H3,(H,11,13)(H2,10,15,16);1-2H,(H2,9,13,14);1H4. The molecule has 0 saturated carbocycles. The molecule has 0 aromatic carbocycles. The van der Waals surface area contributed by atoms with E-state index in [-0.39, 0.29) is 38.6 Å². The van der Waals surface area contributed by atoms with Gasteiger partial charge < -0.3 is 5.32 Å². The van der Waals surface area contributed by atoms with Gasteiger partial charge in [0, 0.05) is 6.54 Å². The van der Waals surface area contributed by atoms with Crippen molar-refractivity contribution in [2.45, 2.75) is 24.4 Å². The molecule has 0 amide bonds. The first-order valence-corrected chi connectivity index (χ1v) is 12.6. The smallest absolute Gasteiger partial charge is 0.258 e. The molecule has 0 aliphatic rings. The van der Waals surface area contributed by atoms with Gasteiger partial charge in [-0.15, -0.1) is 5.10 Å². The number of sulfonamides is 2. The molecule has 33 heavy (non-hydrogen) atoms. The molecule has 4 aromatic heterocycles. The summed E-state index contributed by atoms with van der Waals surface area (Å²) in [5.74, 6) is 0.513. The largest absolute Gasteiger partial charge is 0.369 e. The third-order valence-electron chi connectivity index (χ3n) is 3.66. The van der Waals surface area contributed by atoms with Crippen LogP contribution < -0.4 is 15.6 Å². The fraction of sp³-hybridized carbons (Fsp3) is 0.200. The summed E-state index contributed by atoms with van der Waals surface area (Å²) < 4.78 is 47.2. The van der Waals surface area contributed by atoms with Crippen molar-refractivity contribution < 1.29 is 16.8 Å². The minimum absolute atomic E-state index is 0. The highest BCUT2D eigenvalue weighted by Crippen LogP contribution is 2.22. The highest BCUT2D eigenvalue weighted by Gasteiger charge is 2.22. The lowest BCUT2D eigenvalue weighted by Crippen LogP contribution is -2.16. The number of primary sulfonamides is 2. The summed E-state index contributed by atoms with van der Waals surface area (Å²) in [7, 11) is -7.96. The van der Waals surface area contributed by atoms with E-state index in [2.05, 4.69) is 25.5 Å². The van der Waals surface area contributed by atoms with Crippen molar-refractivity contribution in [2.75, 3.05) is 11.9 Å². The second-order valence-electron chi connectivity index (χ2n) is 5.95. The van der Waals surface area contributed by atoms with Gasteiger partial charge in [0.05, 0.1) is 0 Å². The van der Waals surface area contributed by atoms with E-state index in [0.717, 1.165) is 9.03 Å². The molecule has 5 N–H and O–H groups in total. The number of halogens is 3. The Morgan fingerprint density at radius 3 is 1.76 bits per heavy atom. The number of hydrogen-bond donors (Lipinski definition) is 3. The van der Waals surface area contributed by atoms with Gasteiger partial charge in [-0.2, -0.15) is 14.1 Å². The summed E-state index contributed by atoms with van der Waals surface area (Å²) >= 11 is 17.0. The molecule has 18 heteroatoms. The van der Waals surface area contributed by atoms with Crippen LogP contribution in [0.2, 0.25) is 15.5 Å². The van der Waals surface area contributed by atoms with Crippen LogP contribution in [0.4, 0.5) is 5.82 Å². The van der Waals surface area contributed by atoms with Gasteiger partial charge in [-0.3, -0.25) is 0 Å². The van der Waals surface area contributed by atoms with Crippen LogP contribution in [0.1, 0.15) is 14.4 Å². The van der Waals surface area contributed by atoms with E-state index in [1.54, 1.807) is 12.1 Å². The van der Waals surface area contributed by atoms with Gasteiger partial charge >= 0.3 is 0 Å². The quantitative estimate of drug-likeness (QED) is 0.335. The number of anilines is 1. The average Bonchev–Trinajstić information content (AvgIpc) is 3.16. The summed E-state index contributed by atoms with van der Waals surface area (Å²) in [4.78, 5) is 7.63. The normalized spacial score (nSPS) is 11.7. The Kier molecular flexibility index (Phi) is 8.11. The number of aromatic nitrogens is 6. The van der Waals surface area contributed by atoms with Gasteiger partial charge in [0.1, 0.15) is 11.0 Å². The molecule has 0 radical (unpaired) electrons. The number of nitrogens with two attached hydrogens (primary N) is 2. The summed E-state index contributed by atoms with van der Waals surface area (Å²) in [6, 6.07) is 6.23. The Morgan fingerprint density at radius 2 is 1.30 bits per heavy atom. The van der Waals surface area contributed by atoms with Crippen molar-refractivity contribution in [3.8, 4) is 0 Å². The molecule has 4 aromatic rings. The maximum absolute atomic E-state index is 11.4. The van der Waals surface area contributed by atoms with E-state index in [4.69, 9.17) is 45.1 Å². The van der Waals surface area contributed by atoms with E-state index in [1.165, 1.54) is 12.1 Å². The molecule has 0 fully saturated rings. The van der Waals surface area contributed by atoms with Crippen LogP contribution in [0.15, 0.2) is 34.3 Å². The Hall–Kier alpha value is -2.27. The van der Waals surface area contributed by atoms with Gasteiger partial charge in [0.2, 0.25) is 10.1 Å². The summed E-state index contributed by atoms with van der Waals surface area (Å²) in [6.45, 7) is 2.55. The third-order valence-corrected chi connectivity index (χ3v) is 6.42. The topological polar surface area (TPSA) is 193 Å². The first kappa shape index (κ1) is 27.0. The van der Waals surface area contributed by atoms with Crippen LogP contribution in [-0.4, -0.2) is 52.6 Å². The Bertz CT molecular complexity index is 1540. The molecule has 0 saturated heterocycles. The monoisotopic (exact) mass is 557 g/mol. The first-order valence-electron chi connectivity index (χ1n) is 8.38. The number of nitrogens with one attached hydrogen (secondary N) is 1. The van der Waals surface area contributed by atoms with Crippen molar-refractivity contribution in [1.82, 2.24) is 29.2 Å². The van der Waals surface area contributed by atoms with Gasteiger partial charge in [-0.25, -0.2) is 37.1 Å². The van der Waals surface area contributed by atoms with Gasteiger partial charge in [-0.05, 0) is 31.2 Å². The molecule has 4 rings (SSSR count). The number of fused-ring (bicyclic) bond motifs is 2. The molecule has 13 nitrogen and oxygen atoms in total. The van der Waals surface area contributed by atoms with Crippen LogP contribution in [-0.2, 0) is 20.0 Å². The Labute approximate surface area is 203 Å². The molecule has 0 unspecified atom stereocenters.